The molecule has 1 amide bonds. The number of fused-ring (bicyclic) bond motifs is 9. The molecule has 30 heteroatoms. The maximum Gasteiger partial charge on any atom is 0.248 e. The second-order valence-electron chi connectivity index (χ2n) is 34.7. The summed E-state index contributed by atoms with van der Waals surface area (Å²) in [5.74, 6) is -2.98. The molecule has 0 fully saturated rings. The van der Waals surface area contributed by atoms with Gasteiger partial charge in [-0.15, -0.1) is 0 Å². The van der Waals surface area contributed by atoms with Gasteiger partial charge in [0.05, 0.1) is 11.0 Å². The Hall–Kier alpha value is -12.7. The van der Waals surface area contributed by atoms with E-state index in [-0.39, 0.29) is 96.5 Å². The number of aliphatic hydroxyl groups excluding tert-OH is 4. The molecule has 0 radical (unpaired) electrons. The molecule has 1 aliphatic carbocycles. The molecule has 18 nitrogen and oxygen atoms in total. The van der Waals surface area contributed by atoms with E-state index in [1.54, 1.807) is 67.0 Å². The van der Waals surface area contributed by atoms with Gasteiger partial charge in [0.1, 0.15) is 82.8 Å². The molecule has 16 N–H and O–H groups in total. The van der Waals surface area contributed by atoms with Gasteiger partial charge in [-0.3, -0.25) is 4.79 Å². The van der Waals surface area contributed by atoms with E-state index in [9.17, 15) is 67.5 Å². The van der Waals surface area contributed by atoms with Crippen molar-refractivity contribution in [3.63, 3.8) is 0 Å². The highest BCUT2D eigenvalue weighted by molar-refractivity contribution is 9.09. The number of amides is 1. The van der Waals surface area contributed by atoms with Crippen molar-refractivity contribution in [3.8, 4) is 0 Å². The van der Waals surface area contributed by atoms with E-state index in [1.165, 1.54) is 84.4 Å². The lowest BCUT2D eigenvalue weighted by molar-refractivity contribution is -0.110. The Morgan fingerprint density at radius 1 is 0.401 bits per heavy atom. The van der Waals surface area contributed by atoms with Crippen LogP contribution in [0.4, 0.5) is 48.3 Å². The number of hydrogen-bond acceptors (Lipinski definition) is 9. The number of aromatic nitrogens is 8. The number of rotatable bonds is 27. The minimum absolute atomic E-state index is 0.00241. The van der Waals surface area contributed by atoms with Crippen LogP contribution in [0.15, 0.2) is 195 Å². The van der Waals surface area contributed by atoms with Crippen LogP contribution in [0.2, 0.25) is 0 Å². The first-order valence-electron chi connectivity index (χ1n) is 45.4. The number of halogens is 12. The van der Waals surface area contributed by atoms with Gasteiger partial charge < -0.3 is 86.1 Å². The van der Waals surface area contributed by atoms with Crippen molar-refractivity contribution in [2.45, 2.75) is 156 Å². The fraction of sp³-hybridized carbons (Fsp3) is 0.308. The number of carbonyl (C=O) groups is 4. The Morgan fingerprint density at radius 2 is 0.781 bits per heavy atom. The molecule has 0 saturated heterocycles. The minimum Gasteiger partial charge on any atom is -0.396 e. The Morgan fingerprint density at radius 3 is 1.18 bits per heavy atom. The number of alkyl halides is 1. The lowest BCUT2D eigenvalue weighted by Crippen LogP contribution is -2.30. The average molecular weight is 1960 g/mol. The Kier molecular flexibility index (Phi) is 40.4. The predicted molar refractivity (Wildman–Crippen MR) is 525 cm³/mol. The number of hydrogen-bond donors (Lipinski definition) is 14. The average Bonchev–Trinajstić information content (AvgIpc) is 0.969. The summed E-state index contributed by atoms with van der Waals surface area (Å²) in [7, 11) is 0. The van der Waals surface area contributed by atoms with Crippen LogP contribution in [0.25, 0.3) is 87.2 Å². The summed E-state index contributed by atoms with van der Waals surface area (Å²) in [5.41, 5.74) is 27.1. The normalized spacial score (nSPS) is 13.4. The SMILES string of the molecule is CC(C=O)Cc1c[nH]c2ccc(F)cc12.CC(CBr)Cc1c[nH]c2ccc(F)cc12.CC(CC=O)c1c[nH]c2ccc(F)cc12.CC(CCO)c1c[nH]c2ccc(F)cc12.C[C@@H](CO)CCc1c[nH]c2ccc(F)cc12.C[C@H](CO)CCc1c[nH]c2ccc(F)cc12.NC(=O)c1ccc(F)c2c1CC(N)CC2.O=CCCc1c[nH]c2c(F)cc(F)cc12.OCCCc1c[nH]c2c(F)cc(F)cc12. The zero-order valence-electron chi connectivity index (χ0n) is 77.0. The van der Waals surface area contributed by atoms with E-state index >= 15 is 0 Å². The highest BCUT2D eigenvalue weighted by Gasteiger charge is 2.24. The molecule has 1 aliphatic rings. The molecular formula is C107H116BrF11N10O8. The predicted octanol–water partition coefficient (Wildman–Crippen LogP) is 23.8. The van der Waals surface area contributed by atoms with Crippen LogP contribution >= 0.6 is 15.9 Å². The maximum absolute atomic E-state index is 13.4. The van der Waals surface area contributed by atoms with Gasteiger partial charge in [0.2, 0.25) is 5.91 Å². The molecule has 137 heavy (non-hydrogen) atoms. The number of H-pyrrole nitrogens is 8. The molecule has 18 rings (SSSR count). The fourth-order valence-electron chi connectivity index (χ4n) is 16.2. The molecule has 0 bridgehead atoms. The molecule has 7 atom stereocenters. The van der Waals surface area contributed by atoms with Crippen molar-refractivity contribution in [3.05, 3.63) is 320 Å². The first-order chi connectivity index (χ1) is 65.8. The lowest BCUT2D eigenvalue weighted by Gasteiger charge is -2.23. The molecule has 0 spiro atoms. The van der Waals surface area contributed by atoms with Crippen LogP contribution in [0.5, 0.6) is 0 Å². The number of nitrogens with two attached hydrogens (primary N) is 2. The van der Waals surface area contributed by atoms with E-state index in [4.69, 9.17) is 31.9 Å². The summed E-state index contributed by atoms with van der Waals surface area (Å²) in [5, 5.41) is 43.0. The highest BCUT2D eigenvalue weighted by atomic mass is 79.9. The quantitative estimate of drug-likeness (QED) is 0.0132. The van der Waals surface area contributed by atoms with Crippen molar-refractivity contribution in [1.82, 2.24) is 39.9 Å². The molecule has 0 saturated carbocycles. The monoisotopic (exact) mass is 1960 g/mol. The molecule has 5 unspecified atom stereocenters. The van der Waals surface area contributed by atoms with E-state index in [0.717, 1.165) is 179 Å². The second-order valence-corrected chi connectivity index (χ2v) is 35.4. The van der Waals surface area contributed by atoms with Crippen molar-refractivity contribution in [1.29, 1.82) is 0 Å². The molecule has 9 aromatic carbocycles. The first kappa shape index (κ1) is 106. The molecule has 8 heterocycles. The third-order valence-corrected chi connectivity index (χ3v) is 25.1. The van der Waals surface area contributed by atoms with Gasteiger partial charge in [0, 0.05) is 200 Å². The van der Waals surface area contributed by atoms with Crippen LogP contribution in [-0.4, -0.2) is 123 Å². The molecule has 726 valence electrons. The van der Waals surface area contributed by atoms with Gasteiger partial charge in [0.15, 0.2) is 0 Å². The molecular weight excluding hydrogens is 1840 g/mol. The van der Waals surface area contributed by atoms with Crippen molar-refractivity contribution >= 4 is 128 Å². The van der Waals surface area contributed by atoms with Crippen LogP contribution in [0, 0.1) is 87.7 Å². The van der Waals surface area contributed by atoms with Gasteiger partial charge in [-0.25, -0.2) is 48.3 Å². The number of benzene rings is 9. The zero-order valence-corrected chi connectivity index (χ0v) is 78.6. The topological polar surface area (TPSA) is 328 Å². The smallest absolute Gasteiger partial charge is 0.248 e. The minimum atomic E-state index is -0.609. The van der Waals surface area contributed by atoms with Crippen molar-refractivity contribution in [2.24, 2.45) is 35.1 Å². The Labute approximate surface area is 794 Å². The third kappa shape index (κ3) is 29.7. The van der Waals surface area contributed by atoms with E-state index in [1.807, 2.05) is 71.8 Å². The number of aromatic amines is 8. The Bertz CT molecular complexity index is 6720. The third-order valence-electron chi connectivity index (χ3n) is 24.0. The summed E-state index contributed by atoms with van der Waals surface area (Å²) < 4.78 is 144. The maximum atomic E-state index is 13.4. The van der Waals surface area contributed by atoms with Crippen LogP contribution in [-0.2, 0) is 65.8 Å². The van der Waals surface area contributed by atoms with Gasteiger partial charge in [-0.05, 0) is 302 Å². The van der Waals surface area contributed by atoms with Gasteiger partial charge >= 0.3 is 0 Å². The largest absolute Gasteiger partial charge is 0.396 e. The lowest BCUT2D eigenvalue weighted by atomic mass is 9.85. The van der Waals surface area contributed by atoms with E-state index in [2.05, 4.69) is 62.7 Å². The number of primary amides is 1. The number of aldehydes is 3. The molecule has 0 aliphatic heterocycles. The van der Waals surface area contributed by atoms with Gasteiger partial charge in [0.25, 0.3) is 0 Å². The second kappa shape index (κ2) is 52.0. The summed E-state index contributed by atoms with van der Waals surface area (Å²) >= 11 is 3.45. The summed E-state index contributed by atoms with van der Waals surface area (Å²) in [6.45, 7) is 12.7. The fourth-order valence-corrected chi connectivity index (χ4v) is 16.5. The van der Waals surface area contributed by atoms with Crippen LogP contribution in [0.1, 0.15) is 164 Å². The van der Waals surface area contributed by atoms with E-state index < -0.39 is 29.2 Å². The first-order valence-corrected chi connectivity index (χ1v) is 46.5. The summed E-state index contributed by atoms with van der Waals surface area (Å²) in [4.78, 5) is 66.5. The number of aliphatic hydroxyl groups is 4. The summed E-state index contributed by atoms with van der Waals surface area (Å²) in [6.07, 6.45) is 27.5. The highest BCUT2D eigenvalue weighted by Crippen LogP contribution is 2.34. The standard InChI is InChI=1S/2C13H16FNO.C12H13BrFN.C12H12FNO.C12H14FNO.C12H12FNO.C11H11F2NO.C11H9F2NO.C11H13FN2O/c2*1-9(8-16)2-3-10-7-15-13-5-4-11(14)6-12(10)13;1-8(6-13)4-9-7-15-12-3-2-10(14)5-11(9)12;1-8(7-15)4-9-6-14-12-3-2-10(13)5-11(9)12;2*1-8(4-5-15)11-7-14-12-3-2-9(13)6-10(11)12;2*12-8-4-9-7(2-1-3-15)6-14-11(9)10(13)5-8;12-10-4-3-8(11(14)15)9-5-6(13)1-2-7(9)10/h2*4-7,9,15-16H,2-3,8H2,1H3;2-3,5,7-8,15H,4,6H2,1H3;2-3,5-8,14H,4H2,1H3;2-3,6-8,14-15H,4-5H2,1H3;2-3,5-8,14H,4H2,1H3;4-6,14-15H,1-3H2;3-6,14H,1-2H2;3-4,6H,1-2,5,13H2,(H2,14,15)/t2*9-;;;;;;;/m10......./s1. The number of carbonyl (C=O) groups excluding carboxylic acids is 4. The zero-order chi connectivity index (χ0) is 99.1. The van der Waals surface area contributed by atoms with Crippen molar-refractivity contribution < 1.29 is 87.9 Å². The van der Waals surface area contributed by atoms with Gasteiger partial charge in [-0.1, -0.05) is 57.5 Å². The number of aryl methyl sites for hydroxylation is 4. The van der Waals surface area contributed by atoms with Crippen LogP contribution in [0.3, 0.4) is 0 Å². The summed E-state index contributed by atoms with van der Waals surface area (Å²) in [6, 6.07) is 35.4. The van der Waals surface area contributed by atoms with E-state index in [0.29, 0.717) is 109 Å². The number of nitrogens with one attached hydrogen (secondary N) is 8. The molecule has 17 aromatic rings. The van der Waals surface area contributed by atoms with Crippen LogP contribution < -0.4 is 11.5 Å². The van der Waals surface area contributed by atoms with Crippen molar-refractivity contribution in [2.75, 3.05) is 31.8 Å². The molecule has 8 aromatic heterocycles. The Balaban J connectivity index is 0.000000159. The van der Waals surface area contributed by atoms with Gasteiger partial charge in [-0.2, -0.15) is 0 Å².